The summed E-state index contributed by atoms with van der Waals surface area (Å²) in [7, 11) is 0. The van der Waals surface area contributed by atoms with Crippen molar-refractivity contribution in [3.63, 3.8) is 0 Å². The number of nitrogens with zero attached hydrogens (tertiary/aromatic N) is 2. The molecule has 118 valence electrons. The van der Waals surface area contributed by atoms with Crippen LogP contribution in [0.4, 0.5) is 5.82 Å². The molecule has 3 rings (SSSR count). The first kappa shape index (κ1) is 15.0. The van der Waals surface area contributed by atoms with Gasteiger partial charge in [-0.25, -0.2) is 9.78 Å². The molecule has 1 aliphatic heterocycles. The van der Waals surface area contributed by atoms with Gasteiger partial charge in [0.25, 0.3) is 0 Å². The summed E-state index contributed by atoms with van der Waals surface area (Å²) < 4.78 is 5.14. The summed E-state index contributed by atoms with van der Waals surface area (Å²) in [5, 5.41) is 0. The van der Waals surface area contributed by atoms with E-state index in [0.717, 1.165) is 31.5 Å². The quantitative estimate of drug-likeness (QED) is 0.803. The molecule has 1 aromatic heterocycles. The van der Waals surface area contributed by atoms with Crippen molar-refractivity contribution in [1.82, 2.24) is 4.98 Å². The van der Waals surface area contributed by atoms with Crippen LogP contribution < -0.4 is 4.90 Å². The Morgan fingerprint density at radius 2 is 2.05 bits per heavy atom. The Morgan fingerprint density at radius 3 is 2.68 bits per heavy atom. The fourth-order valence-electron chi connectivity index (χ4n) is 3.46. The van der Waals surface area contributed by atoms with Crippen LogP contribution in [0.3, 0.4) is 0 Å². The van der Waals surface area contributed by atoms with E-state index >= 15 is 0 Å². The van der Waals surface area contributed by atoms with Crippen molar-refractivity contribution in [1.29, 1.82) is 0 Å². The zero-order chi connectivity index (χ0) is 15.7. The molecule has 2 heterocycles. The van der Waals surface area contributed by atoms with Crippen LogP contribution in [0.25, 0.3) is 0 Å². The van der Waals surface area contributed by atoms with E-state index in [1.165, 1.54) is 0 Å². The van der Waals surface area contributed by atoms with Gasteiger partial charge in [0.2, 0.25) is 0 Å². The zero-order valence-electron chi connectivity index (χ0n) is 13.2. The number of rotatable bonds is 3. The van der Waals surface area contributed by atoms with Crippen LogP contribution in [-0.2, 0) is 9.53 Å². The molecule has 1 aliphatic carbocycles. The van der Waals surface area contributed by atoms with Gasteiger partial charge in [0.05, 0.1) is 6.61 Å². The van der Waals surface area contributed by atoms with Gasteiger partial charge in [-0.1, -0.05) is 0 Å². The topological polar surface area (TPSA) is 59.5 Å². The predicted octanol–water partition coefficient (Wildman–Crippen LogP) is 2.52. The first-order chi connectivity index (χ1) is 10.5. The summed E-state index contributed by atoms with van der Waals surface area (Å²) in [6, 6.07) is 1.84. The van der Waals surface area contributed by atoms with Crippen molar-refractivity contribution < 1.29 is 14.3 Å². The molecule has 0 bridgehead atoms. The van der Waals surface area contributed by atoms with E-state index in [1.54, 1.807) is 13.1 Å². The fraction of sp³-hybridized carbons (Fsp3) is 0.588. The highest BCUT2D eigenvalue weighted by molar-refractivity contribution is 5.95. The normalized spacial score (nSPS) is 19.9. The number of hydrogen-bond donors (Lipinski definition) is 0. The van der Waals surface area contributed by atoms with Gasteiger partial charge in [0.15, 0.2) is 0 Å². The molecule has 2 fully saturated rings. The summed E-state index contributed by atoms with van der Waals surface area (Å²) >= 11 is 0. The number of esters is 1. The summed E-state index contributed by atoms with van der Waals surface area (Å²) in [5.74, 6) is 0.782. The smallest absolute Gasteiger partial charge is 0.341 e. The molecule has 1 aromatic rings. The van der Waals surface area contributed by atoms with E-state index in [-0.39, 0.29) is 11.4 Å². The summed E-state index contributed by atoms with van der Waals surface area (Å²) in [4.78, 5) is 30.1. The number of aromatic nitrogens is 1. The van der Waals surface area contributed by atoms with Crippen molar-refractivity contribution in [3.05, 3.63) is 23.4 Å². The number of anilines is 1. The van der Waals surface area contributed by atoms with Gasteiger partial charge < -0.3 is 9.64 Å². The van der Waals surface area contributed by atoms with Crippen LogP contribution in [0.15, 0.2) is 12.3 Å². The van der Waals surface area contributed by atoms with E-state index in [4.69, 9.17) is 4.74 Å². The first-order valence-electron chi connectivity index (χ1n) is 7.93. The average Bonchev–Trinajstić information content (AvgIpc) is 2.47. The summed E-state index contributed by atoms with van der Waals surface area (Å²) in [6.45, 7) is 5.84. The molecule has 1 spiro atoms. The summed E-state index contributed by atoms with van der Waals surface area (Å²) in [5.41, 5.74) is 1.74. The number of carbonyl (C=O) groups excluding carboxylic acids is 2. The number of ether oxygens (including phenoxy) is 1. The molecule has 2 aliphatic rings. The Kier molecular flexibility index (Phi) is 3.89. The molecule has 22 heavy (non-hydrogen) atoms. The van der Waals surface area contributed by atoms with Crippen molar-refractivity contribution in [2.45, 2.75) is 39.5 Å². The lowest BCUT2D eigenvalue weighted by Gasteiger charge is -2.53. The van der Waals surface area contributed by atoms with Crippen LogP contribution >= 0.6 is 0 Å². The second-order valence-corrected chi connectivity index (χ2v) is 6.50. The third-order valence-corrected chi connectivity index (χ3v) is 4.72. The molecule has 0 radical (unpaired) electrons. The minimum atomic E-state index is -0.312. The summed E-state index contributed by atoms with van der Waals surface area (Å²) in [6.07, 6.45) is 5.10. The third-order valence-electron chi connectivity index (χ3n) is 4.72. The SMILES string of the molecule is CCOC(=O)c1cc(C)cnc1N1CC2(CCC(=O)CC2)C1. The lowest BCUT2D eigenvalue weighted by Crippen LogP contribution is -2.58. The molecule has 0 atom stereocenters. The Labute approximate surface area is 130 Å². The maximum absolute atomic E-state index is 12.1. The molecule has 0 unspecified atom stereocenters. The van der Waals surface area contributed by atoms with Gasteiger partial charge in [0, 0.05) is 37.5 Å². The molecule has 0 N–H and O–H groups in total. The lowest BCUT2D eigenvalue weighted by molar-refractivity contribution is -0.122. The Hall–Kier alpha value is -1.91. The zero-order valence-corrected chi connectivity index (χ0v) is 13.2. The number of hydrogen-bond acceptors (Lipinski definition) is 5. The number of carbonyl (C=O) groups is 2. The van der Waals surface area contributed by atoms with E-state index in [1.807, 2.05) is 13.0 Å². The molecular weight excluding hydrogens is 280 g/mol. The van der Waals surface area contributed by atoms with Gasteiger partial charge in [-0.2, -0.15) is 0 Å². The van der Waals surface area contributed by atoms with E-state index < -0.39 is 0 Å². The van der Waals surface area contributed by atoms with Gasteiger partial charge in [-0.05, 0) is 38.3 Å². The van der Waals surface area contributed by atoms with Crippen LogP contribution in [0.1, 0.15) is 48.5 Å². The van der Waals surface area contributed by atoms with Crippen LogP contribution in [0.5, 0.6) is 0 Å². The average molecular weight is 302 g/mol. The van der Waals surface area contributed by atoms with Gasteiger partial charge in [-0.15, -0.1) is 0 Å². The predicted molar refractivity (Wildman–Crippen MR) is 83.1 cm³/mol. The maximum atomic E-state index is 12.1. The Balaban J connectivity index is 1.76. The molecule has 5 nitrogen and oxygen atoms in total. The van der Waals surface area contributed by atoms with Crippen LogP contribution in [-0.4, -0.2) is 36.4 Å². The second kappa shape index (κ2) is 5.71. The minimum absolute atomic E-state index is 0.242. The highest BCUT2D eigenvalue weighted by atomic mass is 16.5. The molecular formula is C17H22N2O3. The standard InChI is InChI=1S/C17H22N2O3/c1-3-22-16(21)14-8-12(2)9-18-15(14)19-10-17(11-19)6-4-13(20)5-7-17/h8-9H,3-7,10-11H2,1-2H3. The number of aryl methyl sites for hydroxylation is 1. The maximum Gasteiger partial charge on any atom is 0.341 e. The largest absolute Gasteiger partial charge is 0.462 e. The molecule has 0 aromatic carbocycles. The van der Waals surface area contributed by atoms with E-state index in [9.17, 15) is 9.59 Å². The van der Waals surface area contributed by atoms with Gasteiger partial charge >= 0.3 is 5.97 Å². The Morgan fingerprint density at radius 1 is 1.36 bits per heavy atom. The van der Waals surface area contributed by atoms with Crippen molar-refractivity contribution >= 4 is 17.6 Å². The highest BCUT2D eigenvalue weighted by Gasteiger charge is 2.46. The Bertz CT molecular complexity index is 594. The monoisotopic (exact) mass is 302 g/mol. The van der Waals surface area contributed by atoms with Crippen molar-refractivity contribution in [3.8, 4) is 0 Å². The van der Waals surface area contributed by atoms with Crippen LogP contribution in [0.2, 0.25) is 0 Å². The lowest BCUT2D eigenvalue weighted by atomic mass is 9.68. The highest BCUT2D eigenvalue weighted by Crippen LogP contribution is 2.44. The van der Waals surface area contributed by atoms with Gasteiger partial charge in [-0.3, -0.25) is 4.79 Å². The molecule has 5 heteroatoms. The molecule has 1 saturated heterocycles. The van der Waals surface area contributed by atoms with Crippen molar-refractivity contribution in [2.24, 2.45) is 5.41 Å². The van der Waals surface area contributed by atoms with Crippen molar-refractivity contribution in [2.75, 3.05) is 24.6 Å². The van der Waals surface area contributed by atoms with Crippen LogP contribution in [0, 0.1) is 12.3 Å². The first-order valence-corrected chi connectivity index (χ1v) is 7.93. The number of pyridine rings is 1. The van der Waals surface area contributed by atoms with E-state index in [0.29, 0.717) is 36.6 Å². The van der Waals surface area contributed by atoms with E-state index in [2.05, 4.69) is 9.88 Å². The molecule has 1 saturated carbocycles. The number of Topliss-reactive ketones (excluding diaryl/α,β-unsaturated/α-hetero) is 1. The third kappa shape index (κ3) is 2.72. The van der Waals surface area contributed by atoms with Gasteiger partial charge in [0.1, 0.15) is 17.2 Å². The fourth-order valence-corrected chi connectivity index (χ4v) is 3.46. The minimum Gasteiger partial charge on any atom is -0.462 e. The number of ketones is 1. The second-order valence-electron chi connectivity index (χ2n) is 6.50. The molecule has 0 amide bonds.